The first-order valence-corrected chi connectivity index (χ1v) is 8.40. The van der Waals surface area contributed by atoms with Crippen LogP contribution in [0, 0.1) is 26.7 Å². The highest BCUT2D eigenvalue weighted by molar-refractivity contribution is 5.96. The maximum atomic E-state index is 12.7. The fraction of sp³-hybridized carbons (Fsp3) is 0.400. The van der Waals surface area contributed by atoms with Gasteiger partial charge in [-0.2, -0.15) is 0 Å². The van der Waals surface area contributed by atoms with E-state index in [4.69, 9.17) is 4.74 Å². The van der Waals surface area contributed by atoms with Crippen LogP contribution in [0.1, 0.15) is 32.6 Å². The van der Waals surface area contributed by atoms with Gasteiger partial charge in [-0.25, -0.2) is 0 Å². The first kappa shape index (κ1) is 16.7. The molecule has 3 rings (SSSR count). The average Bonchev–Trinajstić information content (AvgIpc) is 2.98. The van der Waals surface area contributed by atoms with Gasteiger partial charge < -0.3 is 10.1 Å². The minimum absolute atomic E-state index is 0.00849. The largest absolute Gasteiger partial charge is 0.379 e. The average molecular weight is 324 g/mol. The summed E-state index contributed by atoms with van der Waals surface area (Å²) >= 11 is 0. The molecule has 2 atom stereocenters. The number of hydrogen-bond acceptors (Lipinski definition) is 3. The number of nitrogens with zero attached hydrogens (tertiary/aromatic N) is 1. The first-order valence-electron chi connectivity index (χ1n) is 8.40. The van der Waals surface area contributed by atoms with Gasteiger partial charge in [0.15, 0.2) is 0 Å². The van der Waals surface area contributed by atoms with Crippen molar-refractivity contribution in [3.8, 4) is 0 Å². The van der Waals surface area contributed by atoms with Gasteiger partial charge in [-0.3, -0.25) is 9.78 Å². The number of amides is 1. The Morgan fingerprint density at radius 1 is 1.12 bits per heavy atom. The Balaban J connectivity index is 1.70. The van der Waals surface area contributed by atoms with E-state index in [2.05, 4.69) is 23.3 Å². The summed E-state index contributed by atoms with van der Waals surface area (Å²) < 4.78 is 5.62. The Labute approximate surface area is 143 Å². The Morgan fingerprint density at radius 2 is 1.83 bits per heavy atom. The molecular weight excluding hydrogens is 300 g/mol. The van der Waals surface area contributed by atoms with Crippen molar-refractivity contribution in [3.63, 3.8) is 0 Å². The summed E-state index contributed by atoms with van der Waals surface area (Å²) in [7, 11) is 0. The lowest BCUT2D eigenvalue weighted by Crippen LogP contribution is -2.40. The van der Waals surface area contributed by atoms with E-state index in [1.54, 1.807) is 12.4 Å². The summed E-state index contributed by atoms with van der Waals surface area (Å²) in [4.78, 5) is 16.8. The first-order chi connectivity index (χ1) is 11.5. The predicted molar refractivity (Wildman–Crippen MR) is 94.2 cm³/mol. The van der Waals surface area contributed by atoms with Crippen molar-refractivity contribution >= 4 is 5.91 Å². The summed E-state index contributed by atoms with van der Waals surface area (Å²) in [6.45, 7) is 7.35. The van der Waals surface area contributed by atoms with Crippen molar-refractivity contribution in [2.45, 2.75) is 33.2 Å². The number of hydrogen-bond donors (Lipinski definition) is 1. The lowest BCUT2D eigenvalue weighted by atomic mass is 9.94. The van der Waals surface area contributed by atoms with Crippen molar-refractivity contribution in [2.75, 3.05) is 13.2 Å². The molecule has 1 aliphatic heterocycles. The lowest BCUT2D eigenvalue weighted by Gasteiger charge is -2.20. The second-order valence-corrected chi connectivity index (χ2v) is 6.69. The van der Waals surface area contributed by atoms with E-state index in [0.29, 0.717) is 19.1 Å². The quantitative estimate of drug-likeness (QED) is 0.940. The summed E-state index contributed by atoms with van der Waals surface area (Å²) in [5.41, 5.74) is 5.35. The van der Waals surface area contributed by atoms with Crippen LogP contribution in [0.25, 0.3) is 0 Å². The van der Waals surface area contributed by atoms with E-state index in [-0.39, 0.29) is 11.9 Å². The minimum Gasteiger partial charge on any atom is -0.379 e. The van der Waals surface area contributed by atoms with Gasteiger partial charge in [0, 0.05) is 23.9 Å². The highest BCUT2D eigenvalue weighted by Gasteiger charge is 2.30. The van der Waals surface area contributed by atoms with E-state index in [0.717, 1.165) is 23.1 Å². The molecule has 1 aliphatic rings. The highest BCUT2D eigenvalue weighted by atomic mass is 16.5. The van der Waals surface area contributed by atoms with E-state index < -0.39 is 0 Å². The number of carbonyl (C=O) groups excluding carboxylic acids is 1. The maximum Gasteiger partial charge on any atom is 0.251 e. The molecular formula is C20H24N2O2. The molecule has 1 aromatic heterocycles. The molecule has 1 saturated heterocycles. The number of aromatic nitrogens is 1. The number of aryl methyl sites for hydroxylation is 3. The highest BCUT2D eigenvalue weighted by Crippen LogP contribution is 2.21. The van der Waals surface area contributed by atoms with Gasteiger partial charge in [-0.15, -0.1) is 0 Å². The monoisotopic (exact) mass is 324 g/mol. The van der Waals surface area contributed by atoms with E-state index in [9.17, 15) is 4.79 Å². The van der Waals surface area contributed by atoms with Crippen molar-refractivity contribution in [3.05, 3.63) is 64.5 Å². The fourth-order valence-corrected chi connectivity index (χ4v) is 3.23. The zero-order valence-electron chi connectivity index (χ0n) is 14.5. The van der Waals surface area contributed by atoms with Gasteiger partial charge in [0.2, 0.25) is 0 Å². The number of carbonyl (C=O) groups is 1. The van der Waals surface area contributed by atoms with Crippen LogP contribution in [0.5, 0.6) is 0 Å². The molecule has 0 unspecified atom stereocenters. The van der Waals surface area contributed by atoms with Gasteiger partial charge in [0.05, 0.1) is 19.3 Å². The number of ether oxygens (including phenoxy) is 1. The van der Waals surface area contributed by atoms with Crippen molar-refractivity contribution < 1.29 is 9.53 Å². The number of pyridine rings is 1. The molecule has 0 aliphatic carbocycles. The molecule has 126 valence electrons. The van der Waals surface area contributed by atoms with Crippen molar-refractivity contribution in [2.24, 2.45) is 5.92 Å². The zero-order valence-corrected chi connectivity index (χ0v) is 14.5. The van der Waals surface area contributed by atoms with E-state index in [1.807, 2.05) is 32.0 Å². The van der Waals surface area contributed by atoms with Gasteiger partial charge in [-0.1, -0.05) is 6.07 Å². The van der Waals surface area contributed by atoms with Crippen LogP contribution in [-0.2, 0) is 11.2 Å². The standard InChI is InChI=1S/C20H24N2O2/c1-13-8-15(3)18(9-14(13)2)20(23)22-19-12-24-11-17(19)10-16-4-6-21-7-5-16/h4-9,17,19H,10-12H2,1-3H3,(H,22,23)/t17-,19-/m1/s1. The molecule has 2 heterocycles. The van der Waals surface area contributed by atoms with Gasteiger partial charge in [0.25, 0.3) is 5.91 Å². The Morgan fingerprint density at radius 3 is 2.58 bits per heavy atom. The van der Waals surface area contributed by atoms with Gasteiger partial charge in [0.1, 0.15) is 0 Å². The van der Waals surface area contributed by atoms with Crippen LogP contribution in [0.2, 0.25) is 0 Å². The third kappa shape index (κ3) is 3.65. The molecule has 2 aromatic rings. The summed E-state index contributed by atoms with van der Waals surface area (Å²) in [5, 5.41) is 3.17. The minimum atomic E-state index is -0.00849. The predicted octanol–water partition coefficient (Wildman–Crippen LogP) is 2.99. The van der Waals surface area contributed by atoms with Crippen LogP contribution < -0.4 is 5.32 Å². The molecule has 0 spiro atoms. The Hall–Kier alpha value is -2.20. The van der Waals surface area contributed by atoms with Gasteiger partial charge in [-0.05, 0) is 67.6 Å². The topological polar surface area (TPSA) is 51.2 Å². The lowest BCUT2D eigenvalue weighted by molar-refractivity contribution is 0.0924. The molecule has 24 heavy (non-hydrogen) atoms. The fourth-order valence-electron chi connectivity index (χ4n) is 3.23. The molecule has 1 amide bonds. The molecule has 0 bridgehead atoms. The van der Waals surface area contributed by atoms with Gasteiger partial charge >= 0.3 is 0 Å². The van der Waals surface area contributed by atoms with Crippen LogP contribution >= 0.6 is 0 Å². The molecule has 0 radical (unpaired) electrons. The van der Waals surface area contributed by atoms with Crippen LogP contribution in [0.3, 0.4) is 0 Å². The third-order valence-corrected chi connectivity index (χ3v) is 4.85. The van der Waals surface area contributed by atoms with Crippen LogP contribution in [0.4, 0.5) is 0 Å². The van der Waals surface area contributed by atoms with E-state index in [1.165, 1.54) is 11.1 Å². The number of benzene rings is 1. The Bertz CT molecular complexity index is 728. The number of nitrogens with one attached hydrogen (secondary N) is 1. The SMILES string of the molecule is Cc1cc(C)c(C(=O)N[C@@H]2COC[C@H]2Cc2ccncc2)cc1C. The molecule has 1 fully saturated rings. The van der Waals surface area contributed by atoms with Crippen molar-refractivity contribution in [1.29, 1.82) is 0 Å². The molecule has 1 N–H and O–H groups in total. The normalized spacial score (nSPS) is 20.1. The second kappa shape index (κ2) is 7.14. The van der Waals surface area contributed by atoms with E-state index >= 15 is 0 Å². The third-order valence-electron chi connectivity index (χ3n) is 4.85. The summed E-state index contributed by atoms with van der Waals surface area (Å²) in [6.07, 6.45) is 4.49. The summed E-state index contributed by atoms with van der Waals surface area (Å²) in [6, 6.07) is 8.14. The molecule has 1 aromatic carbocycles. The number of rotatable bonds is 4. The zero-order chi connectivity index (χ0) is 17.1. The Kier molecular flexibility index (Phi) is 4.95. The maximum absolute atomic E-state index is 12.7. The molecule has 4 nitrogen and oxygen atoms in total. The summed E-state index contributed by atoms with van der Waals surface area (Å²) in [5.74, 6) is 0.286. The van der Waals surface area contributed by atoms with Crippen LogP contribution in [0.15, 0.2) is 36.7 Å². The molecule has 4 heteroatoms. The van der Waals surface area contributed by atoms with Crippen molar-refractivity contribution in [1.82, 2.24) is 10.3 Å². The second-order valence-electron chi connectivity index (χ2n) is 6.69. The molecule has 0 saturated carbocycles. The van der Waals surface area contributed by atoms with Crippen LogP contribution in [-0.4, -0.2) is 30.1 Å². The smallest absolute Gasteiger partial charge is 0.251 e.